The van der Waals surface area contributed by atoms with Crippen LogP contribution in [0.3, 0.4) is 0 Å². The first kappa shape index (κ1) is 12.5. The fourth-order valence-electron chi connectivity index (χ4n) is 1.78. The third kappa shape index (κ3) is 2.32. The normalized spacial score (nSPS) is 12.9. The molecule has 1 atom stereocenters. The van der Waals surface area contributed by atoms with Gasteiger partial charge in [-0.1, -0.05) is 13.8 Å². The van der Waals surface area contributed by atoms with E-state index in [-0.39, 0.29) is 11.9 Å². The van der Waals surface area contributed by atoms with Gasteiger partial charge in [-0.3, -0.25) is 4.79 Å². The van der Waals surface area contributed by atoms with Crippen LogP contribution < -0.4 is 11.1 Å². The molecule has 2 rings (SSSR count). The van der Waals surface area contributed by atoms with Gasteiger partial charge < -0.3 is 16.0 Å². The first-order valence-corrected chi connectivity index (χ1v) is 6.16. The summed E-state index contributed by atoms with van der Waals surface area (Å²) < 4.78 is 0. The molecular formula is C14H19N3O. The van der Waals surface area contributed by atoms with Gasteiger partial charge in [-0.25, -0.2) is 0 Å². The summed E-state index contributed by atoms with van der Waals surface area (Å²) in [4.78, 5) is 15.2. The van der Waals surface area contributed by atoms with Gasteiger partial charge in [0.15, 0.2) is 0 Å². The third-order valence-electron chi connectivity index (χ3n) is 3.31. The summed E-state index contributed by atoms with van der Waals surface area (Å²) in [6, 6.07) is 5.66. The average Bonchev–Trinajstić information content (AvgIpc) is 2.71. The van der Waals surface area contributed by atoms with E-state index in [1.807, 2.05) is 19.1 Å². The van der Waals surface area contributed by atoms with Crippen LogP contribution in [0.5, 0.6) is 0 Å². The minimum atomic E-state index is -0.0489. The molecule has 0 saturated carbocycles. The van der Waals surface area contributed by atoms with Gasteiger partial charge in [-0.2, -0.15) is 0 Å². The maximum atomic E-state index is 12.2. The molecule has 0 fully saturated rings. The van der Waals surface area contributed by atoms with Crippen LogP contribution >= 0.6 is 0 Å². The molecule has 0 spiro atoms. The molecule has 0 aliphatic heterocycles. The lowest BCUT2D eigenvalue weighted by molar-refractivity contribution is 0.0932. The largest absolute Gasteiger partial charge is 0.399 e. The molecular weight excluding hydrogens is 226 g/mol. The van der Waals surface area contributed by atoms with E-state index in [1.54, 1.807) is 12.3 Å². The van der Waals surface area contributed by atoms with Crippen molar-refractivity contribution in [2.45, 2.75) is 26.8 Å². The van der Waals surface area contributed by atoms with E-state index in [1.165, 1.54) is 0 Å². The zero-order chi connectivity index (χ0) is 13.3. The van der Waals surface area contributed by atoms with Gasteiger partial charge in [-0.05, 0) is 31.0 Å². The minimum Gasteiger partial charge on any atom is -0.399 e. The average molecular weight is 245 g/mol. The molecule has 0 bridgehead atoms. The molecule has 1 heterocycles. The van der Waals surface area contributed by atoms with Crippen molar-refractivity contribution in [1.82, 2.24) is 10.3 Å². The number of nitrogens with two attached hydrogens (primary N) is 1. The Kier molecular flexibility index (Phi) is 3.28. The number of nitrogens with one attached hydrogen (secondary N) is 2. The molecule has 96 valence electrons. The standard InChI is InChI=1S/C14H19N3O/c1-8(2)9(3)17-14(18)12-7-16-13-6-10(15)4-5-11(12)13/h4-9,16H,15H2,1-3H3,(H,17,18). The monoisotopic (exact) mass is 245 g/mol. The Balaban J connectivity index is 2.28. The molecule has 0 saturated heterocycles. The number of rotatable bonds is 3. The van der Waals surface area contributed by atoms with Gasteiger partial charge in [0, 0.05) is 28.8 Å². The molecule has 2 aromatic rings. The first-order chi connectivity index (χ1) is 8.49. The van der Waals surface area contributed by atoms with E-state index < -0.39 is 0 Å². The van der Waals surface area contributed by atoms with Crippen LogP contribution in [0.15, 0.2) is 24.4 Å². The molecule has 1 aromatic carbocycles. The Morgan fingerprint density at radius 3 is 2.72 bits per heavy atom. The van der Waals surface area contributed by atoms with Gasteiger partial charge in [0.2, 0.25) is 0 Å². The number of H-pyrrole nitrogens is 1. The van der Waals surface area contributed by atoms with E-state index in [4.69, 9.17) is 5.73 Å². The fraction of sp³-hybridized carbons (Fsp3) is 0.357. The lowest BCUT2D eigenvalue weighted by Crippen LogP contribution is -2.35. The highest BCUT2D eigenvalue weighted by molar-refractivity contribution is 6.07. The summed E-state index contributed by atoms with van der Waals surface area (Å²) >= 11 is 0. The Hall–Kier alpha value is -1.97. The number of hydrogen-bond donors (Lipinski definition) is 3. The molecule has 1 amide bonds. The Bertz CT molecular complexity index is 571. The number of fused-ring (bicyclic) bond motifs is 1. The summed E-state index contributed by atoms with van der Waals surface area (Å²) in [5.74, 6) is 0.363. The van der Waals surface area contributed by atoms with Gasteiger partial charge in [0.1, 0.15) is 0 Å². The van der Waals surface area contributed by atoms with Crippen molar-refractivity contribution in [2.75, 3.05) is 5.73 Å². The number of hydrogen-bond acceptors (Lipinski definition) is 2. The van der Waals surface area contributed by atoms with Crippen molar-refractivity contribution in [1.29, 1.82) is 0 Å². The highest BCUT2D eigenvalue weighted by Gasteiger charge is 2.15. The second-order valence-electron chi connectivity index (χ2n) is 5.01. The van der Waals surface area contributed by atoms with Gasteiger partial charge in [0.25, 0.3) is 5.91 Å². The van der Waals surface area contributed by atoms with Crippen molar-refractivity contribution in [2.24, 2.45) is 5.92 Å². The van der Waals surface area contributed by atoms with Gasteiger partial charge in [-0.15, -0.1) is 0 Å². The van der Waals surface area contributed by atoms with Gasteiger partial charge in [0.05, 0.1) is 5.56 Å². The molecule has 0 aliphatic carbocycles. The summed E-state index contributed by atoms with van der Waals surface area (Å²) in [6.45, 7) is 6.18. The predicted molar refractivity (Wildman–Crippen MR) is 74.5 cm³/mol. The Morgan fingerprint density at radius 2 is 2.06 bits per heavy atom. The minimum absolute atomic E-state index is 0.0489. The second-order valence-corrected chi connectivity index (χ2v) is 5.01. The number of carbonyl (C=O) groups excluding carboxylic acids is 1. The summed E-state index contributed by atoms with van der Waals surface area (Å²) in [7, 11) is 0. The van der Waals surface area contributed by atoms with Crippen molar-refractivity contribution in [3.05, 3.63) is 30.0 Å². The highest BCUT2D eigenvalue weighted by atomic mass is 16.1. The summed E-state index contributed by atoms with van der Waals surface area (Å²) in [5.41, 5.74) is 7.95. The number of anilines is 1. The number of aromatic amines is 1. The number of carbonyl (C=O) groups is 1. The van der Waals surface area contributed by atoms with E-state index >= 15 is 0 Å². The predicted octanol–water partition coefficient (Wildman–Crippen LogP) is 2.52. The quantitative estimate of drug-likeness (QED) is 0.727. The van der Waals surface area contributed by atoms with Crippen molar-refractivity contribution < 1.29 is 4.79 Å². The van der Waals surface area contributed by atoms with Crippen LogP contribution in [0.4, 0.5) is 5.69 Å². The fourth-order valence-corrected chi connectivity index (χ4v) is 1.78. The lowest BCUT2D eigenvalue weighted by atomic mass is 10.1. The molecule has 0 aliphatic rings. The maximum absolute atomic E-state index is 12.2. The highest BCUT2D eigenvalue weighted by Crippen LogP contribution is 2.20. The van der Waals surface area contributed by atoms with E-state index in [9.17, 15) is 4.79 Å². The summed E-state index contributed by atoms with van der Waals surface area (Å²) in [5, 5.41) is 3.90. The van der Waals surface area contributed by atoms with Crippen LogP contribution in [0.25, 0.3) is 10.9 Å². The van der Waals surface area contributed by atoms with Crippen molar-refractivity contribution >= 4 is 22.5 Å². The zero-order valence-electron chi connectivity index (χ0n) is 10.9. The van der Waals surface area contributed by atoms with E-state index in [2.05, 4.69) is 24.1 Å². The Morgan fingerprint density at radius 1 is 1.33 bits per heavy atom. The topological polar surface area (TPSA) is 70.9 Å². The SMILES string of the molecule is CC(C)C(C)NC(=O)c1c[nH]c2cc(N)ccc12. The Labute approximate surface area is 107 Å². The van der Waals surface area contributed by atoms with Crippen molar-refractivity contribution in [3.8, 4) is 0 Å². The second kappa shape index (κ2) is 4.72. The number of benzene rings is 1. The number of amides is 1. The molecule has 4 N–H and O–H groups in total. The molecule has 1 unspecified atom stereocenters. The molecule has 1 aromatic heterocycles. The molecule has 4 nitrogen and oxygen atoms in total. The van der Waals surface area contributed by atoms with Crippen LogP contribution in [0, 0.1) is 5.92 Å². The molecule has 4 heteroatoms. The molecule has 18 heavy (non-hydrogen) atoms. The lowest BCUT2D eigenvalue weighted by Gasteiger charge is -2.17. The third-order valence-corrected chi connectivity index (χ3v) is 3.31. The van der Waals surface area contributed by atoms with Gasteiger partial charge >= 0.3 is 0 Å². The number of nitrogen functional groups attached to an aromatic ring is 1. The summed E-state index contributed by atoms with van der Waals surface area (Å²) in [6.07, 6.45) is 1.73. The first-order valence-electron chi connectivity index (χ1n) is 6.16. The maximum Gasteiger partial charge on any atom is 0.253 e. The van der Waals surface area contributed by atoms with Crippen molar-refractivity contribution in [3.63, 3.8) is 0 Å². The van der Waals surface area contributed by atoms with Crippen LogP contribution in [-0.4, -0.2) is 16.9 Å². The smallest absolute Gasteiger partial charge is 0.253 e. The number of aromatic nitrogens is 1. The van der Waals surface area contributed by atoms with E-state index in [0.717, 1.165) is 10.9 Å². The molecule has 0 radical (unpaired) electrons. The van der Waals surface area contributed by atoms with Crippen LogP contribution in [0.2, 0.25) is 0 Å². The van der Waals surface area contributed by atoms with Crippen LogP contribution in [-0.2, 0) is 0 Å². The zero-order valence-corrected chi connectivity index (χ0v) is 10.9. The van der Waals surface area contributed by atoms with Crippen LogP contribution in [0.1, 0.15) is 31.1 Å². The van der Waals surface area contributed by atoms with E-state index in [0.29, 0.717) is 17.2 Å².